The third-order valence-corrected chi connectivity index (χ3v) is 6.78. The molecule has 1 atom stereocenters. The van der Waals surface area contributed by atoms with Crippen LogP contribution < -0.4 is 10.6 Å². The van der Waals surface area contributed by atoms with Crippen LogP contribution in [-0.2, 0) is 24.0 Å². The molecule has 0 spiro atoms. The van der Waals surface area contributed by atoms with E-state index in [1.54, 1.807) is 41.5 Å². The number of carbonyl (C=O) groups is 5. The van der Waals surface area contributed by atoms with Crippen molar-refractivity contribution >= 4 is 29.5 Å². The average molecular weight is 483 g/mol. The maximum Gasteiger partial charge on any atom is 0.326 e. The Balaban J connectivity index is 2.50. The Morgan fingerprint density at radius 1 is 0.912 bits per heavy atom. The second kappa shape index (κ2) is 12.3. The molecule has 0 aromatic carbocycles. The van der Waals surface area contributed by atoms with E-state index in [0.29, 0.717) is 19.4 Å². The van der Waals surface area contributed by atoms with Crippen LogP contribution in [0.1, 0.15) is 86.5 Å². The fraction of sp³-hybridized carbons (Fsp3) is 0.800. The van der Waals surface area contributed by atoms with Gasteiger partial charge in [0.2, 0.25) is 11.8 Å². The summed E-state index contributed by atoms with van der Waals surface area (Å²) >= 11 is 0. The summed E-state index contributed by atoms with van der Waals surface area (Å²) in [5.74, 6) is -2.87. The van der Waals surface area contributed by atoms with E-state index >= 15 is 0 Å². The molecule has 0 aromatic rings. The largest absolute Gasteiger partial charge is 0.481 e. The summed E-state index contributed by atoms with van der Waals surface area (Å²) in [6, 6.07) is -1.08. The lowest BCUT2D eigenvalue weighted by Gasteiger charge is -2.33. The summed E-state index contributed by atoms with van der Waals surface area (Å²) in [5, 5.41) is 24.3. The van der Waals surface area contributed by atoms with Crippen molar-refractivity contribution in [3.05, 3.63) is 0 Å². The highest BCUT2D eigenvalue weighted by molar-refractivity contribution is 5.86. The molecule has 194 valence electrons. The number of carboxylic acids is 2. The molecule has 1 aliphatic carbocycles. The number of nitrogens with one attached hydrogen (secondary N) is 2. The molecule has 0 bridgehead atoms. The predicted octanol–water partition coefficient (Wildman–Crippen LogP) is 3.01. The molecule has 0 radical (unpaired) electrons. The van der Waals surface area contributed by atoms with Gasteiger partial charge in [-0.3, -0.25) is 19.2 Å². The minimum absolute atomic E-state index is 0.0299. The first-order chi connectivity index (χ1) is 15.6. The lowest BCUT2D eigenvalue weighted by atomic mass is 9.74. The first-order valence-corrected chi connectivity index (χ1v) is 12.1. The normalized spacial score (nSPS) is 19.9. The van der Waals surface area contributed by atoms with Crippen molar-refractivity contribution in [1.82, 2.24) is 10.6 Å². The van der Waals surface area contributed by atoms with Gasteiger partial charge in [0.05, 0.1) is 5.41 Å². The fourth-order valence-electron chi connectivity index (χ4n) is 4.49. The molecular formula is C25H42N2O7. The summed E-state index contributed by atoms with van der Waals surface area (Å²) in [4.78, 5) is 60.0. The molecule has 0 aromatic heterocycles. The van der Waals surface area contributed by atoms with Gasteiger partial charge in [0.15, 0.2) is 0 Å². The quantitative estimate of drug-likeness (QED) is 0.315. The zero-order valence-corrected chi connectivity index (χ0v) is 21.4. The second-order valence-electron chi connectivity index (χ2n) is 11.2. The molecule has 0 saturated heterocycles. The van der Waals surface area contributed by atoms with Crippen LogP contribution in [-0.4, -0.2) is 52.3 Å². The monoisotopic (exact) mass is 482 g/mol. The Morgan fingerprint density at radius 2 is 1.47 bits per heavy atom. The lowest BCUT2D eigenvalue weighted by molar-refractivity contribution is -0.150. The van der Waals surface area contributed by atoms with E-state index in [-0.39, 0.29) is 54.6 Å². The van der Waals surface area contributed by atoms with Crippen LogP contribution in [0.4, 0.5) is 0 Å². The van der Waals surface area contributed by atoms with Gasteiger partial charge in [0.1, 0.15) is 11.8 Å². The van der Waals surface area contributed by atoms with Crippen LogP contribution in [0.25, 0.3) is 0 Å². The van der Waals surface area contributed by atoms with Crippen molar-refractivity contribution in [3.8, 4) is 0 Å². The fourth-order valence-corrected chi connectivity index (χ4v) is 4.49. The molecule has 1 saturated carbocycles. The summed E-state index contributed by atoms with van der Waals surface area (Å²) in [6.45, 7) is 10.7. The predicted molar refractivity (Wildman–Crippen MR) is 127 cm³/mol. The van der Waals surface area contributed by atoms with E-state index in [2.05, 4.69) is 10.6 Å². The highest BCUT2D eigenvalue weighted by Crippen LogP contribution is 2.34. The van der Waals surface area contributed by atoms with Crippen molar-refractivity contribution in [2.45, 2.75) is 92.5 Å². The van der Waals surface area contributed by atoms with Gasteiger partial charge < -0.3 is 20.8 Å². The SMILES string of the molecule is CC(C)C(=O)CCC(NC(=O)C1CCC(CNC(=O)C(C)(C)CC(C)(C)C(=O)O)CC1)C(=O)O. The number of hydrogen-bond acceptors (Lipinski definition) is 5. The zero-order valence-electron chi connectivity index (χ0n) is 21.4. The maximum atomic E-state index is 12.7. The van der Waals surface area contributed by atoms with Crippen molar-refractivity contribution in [2.24, 2.45) is 28.6 Å². The van der Waals surface area contributed by atoms with Crippen molar-refractivity contribution in [3.63, 3.8) is 0 Å². The Kier molecular flexibility index (Phi) is 10.7. The second-order valence-corrected chi connectivity index (χ2v) is 11.2. The molecule has 0 heterocycles. The van der Waals surface area contributed by atoms with Crippen molar-refractivity contribution in [1.29, 1.82) is 0 Å². The molecule has 2 amide bonds. The molecule has 9 nitrogen and oxygen atoms in total. The summed E-state index contributed by atoms with van der Waals surface area (Å²) in [6.07, 6.45) is 3.04. The van der Waals surface area contributed by atoms with Gasteiger partial charge in [0.25, 0.3) is 0 Å². The van der Waals surface area contributed by atoms with Gasteiger partial charge in [0, 0.05) is 30.2 Å². The number of hydrogen-bond donors (Lipinski definition) is 4. The number of amides is 2. The van der Waals surface area contributed by atoms with Crippen molar-refractivity contribution < 1.29 is 34.2 Å². The molecular weight excluding hydrogens is 440 g/mol. The number of rotatable bonds is 13. The molecule has 4 N–H and O–H groups in total. The Bertz CT molecular complexity index is 765. The van der Waals surface area contributed by atoms with Gasteiger partial charge in [-0.05, 0) is 58.3 Å². The summed E-state index contributed by atoms with van der Waals surface area (Å²) in [5.41, 5.74) is -1.84. The topological polar surface area (TPSA) is 150 Å². The van der Waals surface area contributed by atoms with Crippen LogP contribution in [0.3, 0.4) is 0 Å². The van der Waals surface area contributed by atoms with E-state index in [9.17, 15) is 34.2 Å². The van der Waals surface area contributed by atoms with Gasteiger partial charge in [-0.25, -0.2) is 4.79 Å². The number of Topliss-reactive ketones (excluding diaryl/α,β-unsaturated/α-hetero) is 1. The average Bonchev–Trinajstić information content (AvgIpc) is 2.73. The van der Waals surface area contributed by atoms with Crippen LogP contribution in [0, 0.1) is 28.6 Å². The van der Waals surface area contributed by atoms with E-state index in [4.69, 9.17) is 0 Å². The maximum absolute atomic E-state index is 12.7. The van der Waals surface area contributed by atoms with Crippen LogP contribution in [0.2, 0.25) is 0 Å². The molecule has 1 aliphatic rings. The van der Waals surface area contributed by atoms with E-state index < -0.39 is 28.8 Å². The molecule has 0 aliphatic heterocycles. The standard InChI is InChI=1S/C25H42N2O7/c1-15(2)19(28)12-11-18(21(30)31)27-20(29)17-9-7-16(8-10-17)13-26-22(32)24(3,4)14-25(5,6)23(33)34/h15-18H,7-14H2,1-6H3,(H,26,32)(H,27,29)(H,30,31)(H,33,34). The summed E-state index contributed by atoms with van der Waals surface area (Å²) in [7, 11) is 0. The zero-order chi connectivity index (χ0) is 26.3. The van der Waals surface area contributed by atoms with Gasteiger partial charge in [-0.15, -0.1) is 0 Å². The van der Waals surface area contributed by atoms with E-state index in [1.165, 1.54) is 0 Å². The first-order valence-electron chi connectivity index (χ1n) is 12.1. The number of aliphatic carboxylic acids is 2. The molecule has 34 heavy (non-hydrogen) atoms. The lowest BCUT2D eigenvalue weighted by Crippen LogP contribution is -2.45. The smallest absolute Gasteiger partial charge is 0.326 e. The number of ketones is 1. The highest BCUT2D eigenvalue weighted by Gasteiger charge is 2.39. The van der Waals surface area contributed by atoms with Crippen LogP contribution in [0.15, 0.2) is 0 Å². The minimum atomic E-state index is -1.14. The van der Waals surface area contributed by atoms with Crippen molar-refractivity contribution in [2.75, 3.05) is 6.54 Å². The third kappa shape index (κ3) is 9.06. The van der Waals surface area contributed by atoms with E-state index in [0.717, 1.165) is 12.8 Å². The number of carbonyl (C=O) groups excluding carboxylic acids is 3. The Hall–Kier alpha value is -2.45. The van der Waals surface area contributed by atoms with Gasteiger partial charge in [-0.1, -0.05) is 27.7 Å². The first kappa shape index (κ1) is 29.6. The highest BCUT2D eigenvalue weighted by atomic mass is 16.4. The Labute approximate surface area is 202 Å². The molecule has 1 unspecified atom stereocenters. The molecule has 1 fully saturated rings. The molecule has 1 rings (SSSR count). The van der Waals surface area contributed by atoms with Gasteiger partial charge >= 0.3 is 11.9 Å². The van der Waals surface area contributed by atoms with Crippen LogP contribution >= 0.6 is 0 Å². The summed E-state index contributed by atoms with van der Waals surface area (Å²) < 4.78 is 0. The third-order valence-electron chi connectivity index (χ3n) is 6.78. The minimum Gasteiger partial charge on any atom is -0.481 e. The van der Waals surface area contributed by atoms with Crippen LogP contribution in [0.5, 0.6) is 0 Å². The molecule has 9 heteroatoms. The Morgan fingerprint density at radius 3 is 1.94 bits per heavy atom. The van der Waals surface area contributed by atoms with Gasteiger partial charge in [-0.2, -0.15) is 0 Å². The number of carboxylic acid groups (broad SMARTS) is 2. The van der Waals surface area contributed by atoms with E-state index in [1.807, 2.05) is 0 Å².